The van der Waals surface area contributed by atoms with Crippen molar-refractivity contribution in [2.75, 3.05) is 6.54 Å². The van der Waals surface area contributed by atoms with E-state index in [1.54, 1.807) is 20.0 Å². The highest BCUT2D eigenvalue weighted by Gasteiger charge is 2.32. The van der Waals surface area contributed by atoms with E-state index >= 15 is 0 Å². The number of nitrogens with two attached hydrogens (primary N) is 2. The minimum atomic E-state index is -1.17. The molecule has 2 rings (SSSR count). The van der Waals surface area contributed by atoms with Crippen LogP contribution in [-0.2, 0) is 25.6 Å². The molecule has 0 radical (unpaired) electrons. The molecule has 9 N–H and O–H groups in total. The fourth-order valence-electron chi connectivity index (χ4n) is 4.10. The average molecular weight is 531 g/mol. The van der Waals surface area contributed by atoms with Gasteiger partial charge in [0.25, 0.3) is 0 Å². The van der Waals surface area contributed by atoms with Crippen LogP contribution in [0, 0.1) is 11.8 Å². The summed E-state index contributed by atoms with van der Waals surface area (Å²) >= 11 is 0. The van der Waals surface area contributed by atoms with Crippen LogP contribution in [0.1, 0.15) is 52.5 Å². The Kier molecular flexibility index (Phi) is 11.7. The van der Waals surface area contributed by atoms with E-state index in [-0.39, 0.29) is 18.3 Å². The first-order valence-electron chi connectivity index (χ1n) is 13.1. The maximum atomic E-state index is 13.4. The van der Waals surface area contributed by atoms with Gasteiger partial charge in [0.05, 0.1) is 6.04 Å². The van der Waals surface area contributed by atoms with E-state index in [4.69, 9.17) is 11.5 Å². The minimum absolute atomic E-state index is 0.112. The Morgan fingerprint density at radius 2 is 1.53 bits per heavy atom. The second kappa shape index (κ2) is 14.5. The van der Waals surface area contributed by atoms with Gasteiger partial charge in [0.1, 0.15) is 18.1 Å². The lowest BCUT2D eigenvalue weighted by atomic mass is 10.00. The van der Waals surface area contributed by atoms with Gasteiger partial charge in [-0.1, -0.05) is 45.9 Å². The van der Waals surface area contributed by atoms with E-state index in [1.807, 2.05) is 38.1 Å². The van der Waals surface area contributed by atoms with Gasteiger partial charge in [0, 0.05) is 23.5 Å². The second-order valence-corrected chi connectivity index (χ2v) is 10.3. The average Bonchev–Trinajstić information content (AvgIpc) is 3.27. The van der Waals surface area contributed by atoms with Gasteiger partial charge in [-0.2, -0.15) is 0 Å². The molecule has 38 heavy (non-hydrogen) atoms. The van der Waals surface area contributed by atoms with Crippen molar-refractivity contribution in [2.24, 2.45) is 23.3 Å². The van der Waals surface area contributed by atoms with Crippen molar-refractivity contribution in [1.29, 1.82) is 0 Å². The van der Waals surface area contributed by atoms with Crippen molar-refractivity contribution in [3.05, 3.63) is 36.0 Å². The number of H-pyrrole nitrogens is 1. The fourth-order valence-corrected chi connectivity index (χ4v) is 4.10. The Hall–Kier alpha value is -3.44. The SMILES string of the molecule is CC(C)C(N)C(=O)NC(CCCCN)C(=O)NC(Cc1c[nH]c2ccccc12)C(=O)NC(C(=O)O)C(C)C. The summed E-state index contributed by atoms with van der Waals surface area (Å²) in [5.74, 6) is -3.32. The number of hydrogen-bond donors (Lipinski definition) is 7. The fraction of sp³-hybridized carbons (Fsp3) is 0.556. The summed E-state index contributed by atoms with van der Waals surface area (Å²) in [7, 11) is 0. The molecular formula is C27H42N6O5. The van der Waals surface area contributed by atoms with Gasteiger partial charge >= 0.3 is 5.97 Å². The largest absolute Gasteiger partial charge is 0.480 e. The number of benzene rings is 1. The predicted molar refractivity (Wildman–Crippen MR) is 146 cm³/mol. The Bertz CT molecular complexity index is 1100. The van der Waals surface area contributed by atoms with Crippen LogP contribution in [0.25, 0.3) is 10.9 Å². The number of carbonyl (C=O) groups excluding carboxylic acids is 3. The van der Waals surface area contributed by atoms with E-state index in [9.17, 15) is 24.3 Å². The van der Waals surface area contributed by atoms with Gasteiger partial charge in [-0.3, -0.25) is 14.4 Å². The molecule has 1 aromatic heterocycles. The van der Waals surface area contributed by atoms with Crippen LogP contribution < -0.4 is 27.4 Å². The van der Waals surface area contributed by atoms with Gasteiger partial charge < -0.3 is 37.5 Å². The summed E-state index contributed by atoms with van der Waals surface area (Å²) in [5, 5.41) is 18.5. The quantitative estimate of drug-likeness (QED) is 0.167. The van der Waals surface area contributed by atoms with Crippen molar-refractivity contribution < 1.29 is 24.3 Å². The first-order chi connectivity index (χ1) is 18.0. The molecule has 0 fully saturated rings. The number of unbranched alkanes of at least 4 members (excludes halogenated alkanes) is 1. The van der Waals surface area contributed by atoms with E-state index in [2.05, 4.69) is 20.9 Å². The summed E-state index contributed by atoms with van der Waals surface area (Å²) in [6.45, 7) is 7.43. The van der Waals surface area contributed by atoms with Crippen LogP contribution in [0.4, 0.5) is 0 Å². The van der Waals surface area contributed by atoms with E-state index in [1.165, 1.54) is 0 Å². The summed E-state index contributed by atoms with van der Waals surface area (Å²) in [5.41, 5.74) is 13.2. The first-order valence-corrected chi connectivity index (χ1v) is 13.1. The number of nitrogens with one attached hydrogen (secondary N) is 4. The third-order valence-corrected chi connectivity index (χ3v) is 6.56. The molecule has 0 aliphatic rings. The third kappa shape index (κ3) is 8.56. The van der Waals surface area contributed by atoms with Crippen LogP contribution in [-0.4, -0.2) is 64.5 Å². The number of aliphatic carboxylic acids is 1. The lowest BCUT2D eigenvalue weighted by Gasteiger charge is -2.26. The number of carbonyl (C=O) groups is 4. The van der Waals surface area contributed by atoms with Gasteiger partial charge in [-0.05, 0) is 49.3 Å². The van der Waals surface area contributed by atoms with E-state index in [0.717, 1.165) is 16.5 Å². The highest BCUT2D eigenvalue weighted by Crippen LogP contribution is 2.19. The van der Waals surface area contributed by atoms with Gasteiger partial charge in [0.15, 0.2) is 0 Å². The minimum Gasteiger partial charge on any atom is -0.480 e. The molecule has 4 atom stereocenters. The summed E-state index contributed by atoms with van der Waals surface area (Å²) in [6.07, 6.45) is 3.42. The highest BCUT2D eigenvalue weighted by molar-refractivity contribution is 5.95. The molecule has 1 heterocycles. The van der Waals surface area contributed by atoms with Crippen LogP contribution in [0.2, 0.25) is 0 Å². The Morgan fingerprint density at radius 3 is 2.13 bits per heavy atom. The van der Waals surface area contributed by atoms with Crippen molar-refractivity contribution in [3.8, 4) is 0 Å². The molecule has 0 bridgehead atoms. The zero-order valence-corrected chi connectivity index (χ0v) is 22.6. The van der Waals surface area contributed by atoms with E-state index in [0.29, 0.717) is 25.8 Å². The highest BCUT2D eigenvalue weighted by atomic mass is 16.4. The third-order valence-electron chi connectivity index (χ3n) is 6.56. The number of aromatic amines is 1. The maximum absolute atomic E-state index is 13.4. The molecule has 0 aliphatic carbocycles. The molecular weight excluding hydrogens is 488 g/mol. The van der Waals surface area contributed by atoms with Gasteiger partial charge in [-0.25, -0.2) is 4.79 Å². The molecule has 3 amide bonds. The molecule has 0 spiro atoms. The van der Waals surface area contributed by atoms with Crippen LogP contribution in [0.3, 0.4) is 0 Å². The standard InChI is InChI=1S/C27H42N6O5/c1-15(2)22(29)26(36)31-20(11-7-8-12-28)24(34)32-21(25(35)33-23(16(3)4)27(37)38)13-17-14-30-19-10-6-5-9-18(17)19/h5-6,9-10,14-16,20-23,30H,7-8,11-13,28-29H2,1-4H3,(H,31,36)(H,32,34)(H,33,35)(H,37,38). The zero-order valence-electron chi connectivity index (χ0n) is 22.6. The van der Waals surface area contributed by atoms with E-state index < -0.39 is 47.9 Å². The van der Waals surface area contributed by atoms with Crippen LogP contribution in [0.5, 0.6) is 0 Å². The van der Waals surface area contributed by atoms with Crippen molar-refractivity contribution in [1.82, 2.24) is 20.9 Å². The number of amides is 3. The number of carboxylic acids is 1. The maximum Gasteiger partial charge on any atom is 0.326 e. The molecule has 0 aliphatic heterocycles. The smallest absolute Gasteiger partial charge is 0.326 e. The predicted octanol–water partition coefficient (Wildman–Crippen LogP) is 1.02. The van der Waals surface area contributed by atoms with Crippen molar-refractivity contribution >= 4 is 34.6 Å². The van der Waals surface area contributed by atoms with Crippen molar-refractivity contribution in [2.45, 2.75) is 77.5 Å². The normalized spacial score (nSPS) is 14.6. The van der Waals surface area contributed by atoms with Gasteiger partial charge in [-0.15, -0.1) is 0 Å². The molecule has 11 heteroatoms. The molecule has 0 saturated carbocycles. The Labute approximate surface area is 223 Å². The molecule has 11 nitrogen and oxygen atoms in total. The molecule has 4 unspecified atom stereocenters. The number of carboxylic acid groups (broad SMARTS) is 1. The zero-order chi connectivity index (χ0) is 28.4. The molecule has 210 valence electrons. The number of hydrogen-bond acceptors (Lipinski definition) is 6. The summed E-state index contributed by atoms with van der Waals surface area (Å²) in [4.78, 5) is 54.3. The van der Waals surface area contributed by atoms with Crippen LogP contribution in [0.15, 0.2) is 30.5 Å². The summed E-state index contributed by atoms with van der Waals surface area (Å²) in [6, 6.07) is 3.59. The monoisotopic (exact) mass is 530 g/mol. The summed E-state index contributed by atoms with van der Waals surface area (Å²) < 4.78 is 0. The second-order valence-electron chi connectivity index (χ2n) is 10.3. The lowest BCUT2D eigenvalue weighted by molar-refractivity contribution is -0.143. The number of aromatic nitrogens is 1. The first kappa shape index (κ1) is 30.8. The topological polar surface area (TPSA) is 192 Å². The number of rotatable bonds is 15. The van der Waals surface area contributed by atoms with Crippen LogP contribution >= 0.6 is 0 Å². The van der Waals surface area contributed by atoms with Crippen molar-refractivity contribution in [3.63, 3.8) is 0 Å². The Balaban J connectivity index is 2.32. The Morgan fingerprint density at radius 1 is 0.895 bits per heavy atom. The lowest BCUT2D eigenvalue weighted by Crippen LogP contribution is -2.58. The molecule has 0 saturated heterocycles. The number of fused-ring (bicyclic) bond motifs is 1. The number of para-hydroxylation sites is 1. The molecule has 2 aromatic rings. The van der Waals surface area contributed by atoms with Gasteiger partial charge in [0.2, 0.25) is 17.7 Å². The molecule has 1 aromatic carbocycles.